The maximum Gasteiger partial charge on any atom is 0.119 e. The fraction of sp³-hybridized carbons (Fsp3) is 0.739. The van der Waals surface area contributed by atoms with Gasteiger partial charge in [-0.15, -0.1) is 0 Å². The van der Waals surface area contributed by atoms with E-state index in [1.165, 1.54) is 5.56 Å². The molecule has 1 aliphatic heterocycles. The van der Waals surface area contributed by atoms with Gasteiger partial charge in [-0.1, -0.05) is 53.7 Å². The molecule has 0 amide bonds. The highest BCUT2D eigenvalue weighted by atomic mass is 16.5. The third-order valence-corrected chi connectivity index (χ3v) is 5.43. The first-order chi connectivity index (χ1) is 12.6. The monoisotopic (exact) mass is 376 g/mol. The van der Waals surface area contributed by atoms with Gasteiger partial charge in [0.1, 0.15) is 18.5 Å². The van der Waals surface area contributed by atoms with Gasteiger partial charge in [-0.3, -0.25) is 4.90 Å². The van der Waals surface area contributed by atoms with Crippen molar-refractivity contribution in [3.63, 3.8) is 0 Å². The molecule has 0 bridgehead atoms. The Morgan fingerprint density at radius 1 is 0.963 bits per heavy atom. The molecule has 4 nitrogen and oxygen atoms in total. The van der Waals surface area contributed by atoms with Gasteiger partial charge in [0.15, 0.2) is 0 Å². The molecule has 0 aromatic heterocycles. The zero-order chi connectivity index (χ0) is 20.1. The number of hydrogen-bond acceptors (Lipinski definition) is 4. The second kappa shape index (κ2) is 9.40. The van der Waals surface area contributed by atoms with Crippen LogP contribution in [0.2, 0.25) is 0 Å². The average molecular weight is 377 g/mol. The molecule has 2 rings (SSSR count). The Morgan fingerprint density at radius 2 is 1.52 bits per heavy atom. The smallest absolute Gasteiger partial charge is 0.119 e. The average Bonchev–Trinajstić information content (AvgIpc) is 2.59. The number of aliphatic hydroxyl groups is 1. The second-order valence-corrected chi connectivity index (χ2v) is 9.85. The summed E-state index contributed by atoms with van der Waals surface area (Å²) in [7, 11) is 0. The fourth-order valence-electron chi connectivity index (χ4n) is 4.26. The molecule has 1 heterocycles. The van der Waals surface area contributed by atoms with Crippen LogP contribution in [-0.4, -0.2) is 66.9 Å². The number of β-amino-alcohol motifs (C(OH)–C–C–N with tert-alkyl or cyclic N) is 1. The highest BCUT2D eigenvalue weighted by Gasteiger charge is 2.27. The van der Waals surface area contributed by atoms with Crippen molar-refractivity contribution in [2.75, 3.05) is 45.9 Å². The Hall–Kier alpha value is -1.10. The Bertz CT molecular complexity index is 555. The van der Waals surface area contributed by atoms with E-state index >= 15 is 0 Å². The first-order valence-corrected chi connectivity index (χ1v) is 10.5. The Labute approximate surface area is 166 Å². The number of aliphatic hydroxyl groups excluding tert-OH is 1. The second-order valence-electron chi connectivity index (χ2n) is 9.85. The Morgan fingerprint density at radius 3 is 2.04 bits per heavy atom. The van der Waals surface area contributed by atoms with Gasteiger partial charge < -0.3 is 14.7 Å². The molecule has 0 aliphatic carbocycles. The lowest BCUT2D eigenvalue weighted by Gasteiger charge is -2.35. The van der Waals surface area contributed by atoms with Gasteiger partial charge in [0.25, 0.3) is 0 Å². The molecule has 27 heavy (non-hydrogen) atoms. The summed E-state index contributed by atoms with van der Waals surface area (Å²) in [6.07, 6.45) is 0.680. The van der Waals surface area contributed by atoms with Gasteiger partial charge in [0.05, 0.1) is 0 Å². The highest BCUT2D eigenvalue weighted by Crippen LogP contribution is 2.36. The van der Waals surface area contributed by atoms with Crippen molar-refractivity contribution in [1.29, 1.82) is 0 Å². The van der Waals surface area contributed by atoms with Crippen LogP contribution in [0.5, 0.6) is 5.75 Å². The van der Waals surface area contributed by atoms with Gasteiger partial charge in [0.2, 0.25) is 0 Å². The molecule has 1 aromatic rings. The van der Waals surface area contributed by atoms with Crippen LogP contribution in [0.4, 0.5) is 0 Å². The minimum Gasteiger partial charge on any atom is -0.491 e. The van der Waals surface area contributed by atoms with Crippen molar-refractivity contribution in [2.45, 2.75) is 59.5 Å². The summed E-state index contributed by atoms with van der Waals surface area (Å²) in [6.45, 7) is 20.1. The highest BCUT2D eigenvalue weighted by molar-refractivity contribution is 5.31. The first kappa shape index (κ1) is 22.2. The third-order valence-electron chi connectivity index (χ3n) is 5.43. The van der Waals surface area contributed by atoms with Crippen LogP contribution in [0.25, 0.3) is 0 Å². The Kier molecular flexibility index (Phi) is 7.73. The fourth-order valence-corrected chi connectivity index (χ4v) is 4.26. The number of benzene rings is 1. The molecule has 1 unspecified atom stereocenters. The van der Waals surface area contributed by atoms with Crippen molar-refractivity contribution in [1.82, 2.24) is 9.80 Å². The first-order valence-electron chi connectivity index (χ1n) is 10.5. The molecule has 154 valence electrons. The predicted octanol–water partition coefficient (Wildman–Crippen LogP) is 3.78. The number of rotatable bonds is 8. The maximum absolute atomic E-state index is 10.3. The van der Waals surface area contributed by atoms with E-state index in [4.69, 9.17) is 4.74 Å². The van der Waals surface area contributed by atoms with E-state index in [-0.39, 0.29) is 5.41 Å². The lowest BCUT2D eigenvalue weighted by Crippen LogP contribution is -2.49. The van der Waals surface area contributed by atoms with Crippen molar-refractivity contribution in [3.8, 4) is 5.75 Å². The van der Waals surface area contributed by atoms with Crippen molar-refractivity contribution < 1.29 is 9.84 Å². The van der Waals surface area contributed by atoms with E-state index < -0.39 is 6.10 Å². The summed E-state index contributed by atoms with van der Waals surface area (Å²) in [6, 6.07) is 8.40. The molecule has 0 radical (unpaired) electrons. The summed E-state index contributed by atoms with van der Waals surface area (Å²) < 4.78 is 5.83. The molecule has 1 N–H and O–H groups in total. The zero-order valence-corrected chi connectivity index (χ0v) is 18.3. The van der Waals surface area contributed by atoms with Gasteiger partial charge in [0, 0.05) is 32.7 Å². The summed E-state index contributed by atoms with van der Waals surface area (Å²) in [4.78, 5) is 4.78. The number of ether oxygens (including phenoxy) is 1. The molecule has 0 saturated carbocycles. The molecule has 1 saturated heterocycles. The molecule has 0 spiro atoms. The summed E-state index contributed by atoms with van der Waals surface area (Å²) >= 11 is 0. The molecular formula is C23H40N2O2. The van der Waals surface area contributed by atoms with Gasteiger partial charge >= 0.3 is 0 Å². The van der Waals surface area contributed by atoms with Crippen LogP contribution in [0.1, 0.15) is 53.5 Å². The zero-order valence-electron chi connectivity index (χ0n) is 18.3. The quantitative estimate of drug-likeness (QED) is 0.749. The van der Waals surface area contributed by atoms with E-state index in [0.29, 0.717) is 18.6 Å². The minimum atomic E-state index is -0.449. The number of piperazine rings is 1. The van der Waals surface area contributed by atoms with E-state index in [2.05, 4.69) is 63.5 Å². The van der Waals surface area contributed by atoms with E-state index in [1.54, 1.807) is 0 Å². The molecule has 1 aliphatic rings. The molecule has 1 fully saturated rings. The summed E-state index contributed by atoms with van der Waals surface area (Å²) in [5, 5.41) is 10.3. The van der Waals surface area contributed by atoms with Crippen LogP contribution < -0.4 is 4.74 Å². The minimum absolute atomic E-state index is 0.136. The number of likely N-dealkylation sites (N-methyl/N-ethyl adjacent to an activating group) is 1. The van der Waals surface area contributed by atoms with Crippen LogP contribution in [0.15, 0.2) is 24.3 Å². The molecule has 1 aromatic carbocycles. The van der Waals surface area contributed by atoms with Gasteiger partial charge in [-0.2, -0.15) is 0 Å². The van der Waals surface area contributed by atoms with E-state index in [0.717, 1.165) is 44.9 Å². The largest absolute Gasteiger partial charge is 0.491 e. The number of hydrogen-bond donors (Lipinski definition) is 1. The van der Waals surface area contributed by atoms with Gasteiger partial charge in [-0.25, -0.2) is 0 Å². The van der Waals surface area contributed by atoms with Crippen LogP contribution in [0.3, 0.4) is 0 Å². The van der Waals surface area contributed by atoms with Crippen LogP contribution in [-0.2, 0) is 5.41 Å². The predicted molar refractivity (Wildman–Crippen MR) is 114 cm³/mol. The Balaban J connectivity index is 1.79. The van der Waals surface area contributed by atoms with Crippen molar-refractivity contribution in [3.05, 3.63) is 29.8 Å². The molecule has 4 heteroatoms. The van der Waals surface area contributed by atoms with Crippen LogP contribution in [0, 0.1) is 5.41 Å². The van der Waals surface area contributed by atoms with Crippen molar-refractivity contribution in [2.24, 2.45) is 5.41 Å². The van der Waals surface area contributed by atoms with Gasteiger partial charge in [-0.05, 0) is 41.5 Å². The van der Waals surface area contributed by atoms with Crippen LogP contribution >= 0.6 is 0 Å². The number of nitrogens with zero attached hydrogens (tertiary/aromatic N) is 2. The SMILES string of the molecule is CCN1CCN(CC(O)COc2ccc(C(C)(C)CC(C)(C)C)cc2)CC1. The summed E-state index contributed by atoms with van der Waals surface area (Å²) in [5.41, 5.74) is 1.77. The summed E-state index contributed by atoms with van der Waals surface area (Å²) in [5.74, 6) is 0.833. The normalized spacial score (nSPS) is 18.5. The maximum atomic E-state index is 10.3. The van der Waals surface area contributed by atoms with E-state index in [1.807, 2.05) is 12.1 Å². The van der Waals surface area contributed by atoms with E-state index in [9.17, 15) is 5.11 Å². The molecule has 1 atom stereocenters. The third kappa shape index (κ3) is 7.44. The standard InChI is InChI=1S/C23H40N2O2/c1-7-24-12-14-25(15-13-24)16-20(26)17-27-21-10-8-19(9-11-21)23(5,6)18-22(2,3)4/h8-11,20,26H,7,12-18H2,1-6H3. The van der Waals surface area contributed by atoms with Crippen molar-refractivity contribution >= 4 is 0 Å². The lowest BCUT2D eigenvalue weighted by molar-refractivity contribution is 0.0471. The topological polar surface area (TPSA) is 35.9 Å². The molecular weight excluding hydrogens is 336 g/mol. The lowest BCUT2D eigenvalue weighted by atomic mass is 9.72.